The van der Waals surface area contributed by atoms with Crippen LogP contribution in [-0.4, -0.2) is 22.5 Å². The van der Waals surface area contributed by atoms with Gasteiger partial charge in [-0.05, 0) is 41.5 Å². The van der Waals surface area contributed by atoms with E-state index in [1.807, 2.05) is 22.5 Å². The van der Waals surface area contributed by atoms with Crippen LogP contribution in [0.25, 0.3) is 11.1 Å². The average molecular weight is 346 g/mol. The summed E-state index contributed by atoms with van der Waals surface area (Å²) in [4.78, 5) is 12.1. The molecule has 1 unspecified atom stereocenters. The van der Waals surface area contributed by atoms with E-state index < -0.39 is 0 Å². The highest BCUT2D eigenvalue weighted by Gasteiger charge is 2.20. The number of carbonyl (C=O) groups is 1. The molecule has 23 heavy (non-hydrogen) atoms. The van der Waals surface area contributed by atoms with Crippen LogP contribution in [0, 0.1) is 0 Å². The van der Waals surface area contributed by atoms with Crippen molar-refractivity contribution >= 4 is 29.5 Å². The van der Waals surface area contributed by atoms with E-state index in [0.717, 1.165) is 24.3 Å². The maximum Gasteiger partial charge on any atom is 0.232 e. The van der Waals surface area contributed by atoms with E-state index in [2.05, 4.69) is 36.4 Å². The predicted molar refractivity (Wildman–Crippen MR) is 98.5 cm³/mol. The van der Waals surface area contributed by atoms with Gasteiger partial charge in [0, 0.05) is 18.7 Å². The zero-order valence-corrected chi connectivity index (χ0v) is 14.5. The summed E-state index contributed by atoms with van der Waals surface area (Å²) in [6.07, 6.45) is 2.30. The lowest BCUT2D eigenvalue weighted by Crippen LogP contribution is -2.21. The first kappa shape index (κ1) is 16.4. The van der Waals surface area contributed by atoms with E-state index in [4.69, 9.17) is 11.6 Å². The van der Waals surface area contributed by atoms with Crippen molar-refractivity contribution in [2.45, 2.75) is 24.6 Å². The molecule has 2 aromatic carbocycles. The fourth-order valence-corrected chi connectivity index (χ4v) is 3.93. The SMILES string of the molecule is O=C(CCC(Cl)c1ccc(-c2ccccc2)cc1)N1CCCS1. The normalized spacial score (nSPS) is 15.6. The Hall–Kier alpha value is -1.45. The molecular weight excluding hydrogens is 326 g/mol. The molecule has 1 amide bonds. The Morgan fingerprint density at radius 1 is 1.09 bits per heavy atom. The molecular formula is C19H20ClNOS. The van der Waals surface area contributed by atoms with Gasteiger partial charge in [0.05, 0.1) is 5.38 Å². The van der Waals surface area contributed by atoms with Gasteiger partial charge in [0.25, 0.3) is 0 Å². The van der Waals surface area contributed by atoms with Gasteiger partial charge >= 0.3 is 0 Å². The van der Waals surface area contributed by atoms with Gasteiger partial charge in [0.2, 0.25) is 5.91 Å². The number of carbonyl (C=O) groups excluding carboxylic acids is 1. The van der Waals surface area contributed by atoms with Crippen LogP contribution < -0.4 is 0 Å². The summed E-state index contributed by atoms with van der Waals surface area (Å²) in [5.74, 6) is 1.26. The van der Waals surface area contributed by atoms with Gasteiger partial charge in [-0.25, -0.2) is 0 Å². The van der Waals surface area contributed by atoms with Crippen molar-refractivity contribution in [2.75, 3.05) is 12.3 Å². The number of nitrogens with zero attached hydrogens (tertiary/aromatic N) is 1. The molecule has 2 nitrogen and oxygen atoms in total. The Morgan fingerprint density at radius 3 is 2.43 bits per heavy atom. The Morgan fingerprint density at radius 2 is 1.78 bits per heavy atom. The van der Waals surface area contributed by atoms with Crippen molar-refractivity contribution < 1.29 is 4.79 Å². The van der Waals surface area contributed by atoms with Gasteiger partial charge in [0.1, 0.15) is 0 Å². The first-order chi connectivity index (χ1) is 11.2. The Kier molecular flexibility index (Phi) is 5.63. The smallest absolute Gasteiger partial charge is 0.232 e. The summed E-state index contributed by atoms with van der Waals surface area (Å²) >= 11 is 8.12. The third-order valence-corrected chi connectivity index (χ3v) is 5.66. The molecule has 0 spiro atoms. The second-order valence-electron chi connectivity index (χ2n) is 5.68. The molecule has 3 rings (SSSR count). The molecule has 4 heteroatoms. The molecule has 120 valence electrons. The molecule has 0 aromatic heterocycles. The lowest BCUT2D eigenvalue weighted by atomic mass is 10.0. The zero-order chi connectivity index (χ0) is 16.1. The first-order valence-electron chi connectivity index (χ1n) is 7.97. The fraction of sp³-hybridized carbons (Fsp3) is 0.316. The van der Waals surface area contributed by atoms with Gasteiger partial charge in [-0.15, -0.1) is 11.6 Å². The second-order valence-corrected chi connectivity index (χ2v) is 7.31. The molecule has 2 aromatic rings. The Balaban J connectivity index is 1.57. The lowest BCUT2D eigenvalue weighted by molar-refractivity contribution is -0.126. The van der Waals surface area contributed by atoms with Gasteiger partial charge in [0.15, 0.2) is 0 Å². The summed E-state index contributed by atoms with van der Waals surface area (Å²) in [7, 11) is 0. The predicted octanol–water partition coefficient (Wildman–Crippen LogP) is 5.29. The van der Waals surface area contributed by atoms with Crippen LogP contribution in [0.2, 0.25) is 0 Å². The van der Waals surface area contributed by atoms with E-state index >= 15 is 0 Å². The topological polar surface area (TPSA) is 20.3 Å². The van der Waals surface area contributed by atoms with Crippen molar-refractivity contribution in [1.82, 2.24) is 4.31 Å². The van der Waals surface area contributed by atoms with Gasteiger partial charge < -0.3 is 0 Å². The maximum atomic E-state index is 12.1. The van der Waals surface area contributed by atoms with Crippen molar-refractivity contribution in [3.63, 3.8) is 0 Å². The van der Waals surface area contributed by atoms with Crippen LogP contribution in [0.4, 0.5) is 0 Å². The maximum absolute atomic E-state index is 12.1. The first-order valence-corrected chi connectivity index (χ1v) is 9.34. The van der Waals surface area contributed by atoms with Crippen LogP contribution in [-0.2, 0) is 4.79 Å². The molecule has 1 aliphatic rings. The highest BCUT2D eigenvalue weighted by Crippen LogP contribution is 2.29. The van der Waals surface area contributed by atoms with Crippen LogP contribution in [0.5, 0.6) is 0 Å². The largest absolute Gasteiger partial charge is 0.286 e. The molecule has 0 bridgehead atoms. The summed E-state index contributed by atoms with van der Waals surface area (Å²) < 4.78 is 1.88. The highest BCUT2D eigenvalue weighted by molar-refractivity contribution is 7.97. The van der Waals surface area contributed by atoms with E-state index in [1.165, 1.54) is 11.1 Å². The Bertz CT molecular complexity index is 638. The second kappa shape index (κ2) is 7.89. The fourth-order valence-electron chi connectivity index (χ4n) is 2.70. The molecule has 1 saturated heterocycles. The van der Waals surface area contributed by atoms with Crippen LogP contribution in [0.15, 0.2) is 54.6 Å². The third kappa shape index (κ3) is 4.30. The number of halogens is 1. The third-order valence-electron chi connectivity index (χ3n) is 4.02. The van der Waals surface area contributed by atoms with E-state index in [1.54, 1.807) is 11.9 Å². The molecule has 0 N–H and O–H groups in total. The minimum Gasteiger partial charge on any atom is -0.286 e. The van der Waals surface area contributed by atoms with Crippen molar-refractivity contribution in [3.05, 3.63) is 60.2 Å². The molecule has 0 aliphatic carbocycles. The molecule has 1 aliphatic heterocycles. The van der Waals surface area contributed by atoms with Crippen molar-refractivity contribution in [1.29, 1.82) is 0 Å². The van der Waals surface area contributed by atoms with Crippen LogP contribution >= 0.6 is 23.5 Å². The van der Waals surface area contributed by atoms with E-state index in [-0.39, 0.29) is 11.3 Å². The quantitative estimate of drug-likeness (QED) is 0.541. The van der Waals surface area contributed by atoms with Crippen LogP contribution in [0.3, 0.4) is 0 Å². The summed E-state index contributed by atoms with van der Waals surface area (Å²) in [5.41, 5.74) is 3.46. The van der Waals surface area contributed by atoms with E-state index in [9.17, 15) is 4.79 Å². The number of rotatable bonds is 5. The molecule has 1 fully saturated rings. The average Bonchev–Trinajstić information content (AvgIpc) is 3.15. The zero-order valence-electron chi connectivity index (χ0n) is 13.0. The summed E-state index contributed by atoms with van der Waals surface area (Å²) in [6, 6.07) is 18.6. The monoisotopic (exact) mass is 345 g/mol. The summed E-state index contributed by atoms with van der Waals surface area (Å²) in [5, 5.41) is -0.114. The number of hydrogen-bond donors (Lipinski definition) is 0. The summed E-state index contributed by atoms with van der Waals surface area (Å²) in [6.45, 7) is 0.877. The number of alkyl halides is 1. The minimum absolute atomic E-state index is 0.114. The molecule has 0 radical (unpaired) electrons. The van der Waals surface area contributed by atoms with Crippen LogP contribution in [0.1, 0.15) is 30.2 Å². The molecule has 1 heterocycles. The molecule has 0 saturated carbocycles. The van der Waals surface area contributed by atoms with Gasteiger partial charge in [-0.3, -0.25) is 9.10 Å². The standard InChI is InChI=1S/C19H20ClNOS/c20-18(11-12-19(22)21-13-4-14-23-21)17-9-7-16(8-10-17)15-5-2-1-3-6-15/h1-3,5-10,18H,4,11-14H2. The van der Waals surface area contributed by atoms with E-state index in [0.29, 0.717) is 12.8 Å². The minimum atomic E-state index is -0.114. The lowest BCUT2D eigenvalue weighted by Gasteiger charge is -2.15. The van der Waals surface area contributed by atoms with Crippen molar-refractivity contribution in [2.24, 2.45) is 0 Å². The highest BCUT2D eigenvalue weighted by atomic mass is 35.5. The van der Waals surface area contributed by atoms with Gasteiger partial charge in [-0.1, -0.05) is 54.6 Å². The number of hydrogen-bond acceptors (Lipinski definition) is 2. The number of benzene rings is 2. The molecule has 1 atom stereocenters. The van der Waals surface area contributed by atoms with Crippen molar-refractivity contribution in [3.8, 4) is 11.1 Å². The number of amides is 1. The van der Waals surface area contributed by atoms with Gasteiger partial charge in [-0.2, -0.15) is 0 Å². The Labute approximate surface area is 147 Å².